The van der Waals surface area contributed by atoms with E-state index in [9.17, 15) is 4.79 Å². The molecular formula is C10H20N2OS. The first-order valence-corrected chi connectivity index (χ1v) is 6.47. The molecule has 4 heteroatoms. The molecule has 1 heterocycles. The molecular weight excluding hydrogens is 196 g/mol. The van der Waals surface area contributed by atoms with Crippen molar-refractivity contribution >= 4 is 17.7 Å². The number of hydrogen-bond donors (Lipinski definition) is 2. The minimum absolute atomic E-state index is 0.0315. The Hall–Kier alpha value is -0.220. The van der Waals surface area contributed by atoms with E-state index in [1.807, 2.05) is 0 Å². The van der Waals surface area contributed by atoms with Gasteiger partial charge in [0.2, 0.25) is 5.91 Å². The highest BCUT2D eigenvalue weighted by molar-refractivity contribution is 7.99. The molecule has 1 rings (SSSR count). The number of amides is 1. The van der Waals surface area contributed by atoms with Gasteiger partial charge in [0.1, 0.15) is 0 Å². The Morgan fingerprint density at radius 3 is 2.93 bits per heavy atom. The monoisotopic (exact) mass is 216 g/mol. The Labute approximate surface area is 90.4 Å². The van der Waals surface area contributed by atoms with Crippen LogP contribution < -0.4 is 10.6 Å². The molecule has 1 saturated heterocycles. The SMILES string of the molecule is CSC(C)CNC(=O)C1NCCC1C. The minimum Gasteiger partial charge on any atom is -0.354 e. The quantitative estimate of drug-likeness (QED) is 0.732. The lowest BCUT2D eigenvalue weighted by molar-refractivity contribution is -0.123. The van der Waals surface area contributed by atoms with Crippen molar-refractivity contribution < 1.29 is 4.79 Å². The summed E-state index contributed by atoms with van der Waals surface area (Å²) < 4.78 is 0. The zero-order valence-electron chi connectivity index (χ0n) is 9.17. The first-order chi connectivity index (χ1) is 6.65. The van der Waals surface area contributed by atoms with E-state index in [0.29, 0.717) is 11.2 Å². The van der Waals surface area contributed by atoms with Gasteiger partial charge in [0.05, 0.1) is 6.04 Å². The van der Waals surface area contributed by atoms with Crippen LogP contribution in [0.5, 0.6) is 0 Å². The fourth-order valence-corrected chi connectivity index (χ4v) is 1.87. The molecule has 0 saturated carbocycles. The Balaban J connectivity index is 2.27. The van der Waals surface area contributed by atoms with Crippen LogP contribution in [-0.2, 0) is 4.79 Å². The lowest BCUT2D eigenvalue weighted by atomic mass is 10.0. The first-order valence-electron chi connectivity index (χ1n) is 5.19. The van der Waals surface area contributed by atoms with Gasteiger partial charge >= 0.3 is 0 Å². The highest BCUT2D eigenvalue weighted by atomic mass is 32.2. The number of nitrogens with one attached hydrogen (secondary N) is 2. The van der Waals surface area contributed by atoms with E-state index in [1.54, 1.807) is 11.8 Å². The zero-order valence-corrected chi connectivity index (χ0v) is 9.99. The van der Waals surface area contributed by atoms with Crippen LogP contribution in [0.15, 0.2) is 0 Å². The van der Waals surface area contributed by atoms with Gasteiger partial charge in [0.15, 0.2) is 0 Å². The summed E-state index contributed by atoms with van der Waals surface area (Å²) in [6, 6.07) is 0.0315. The summed E-state index contributed by atoms with van der Waals surface area (Å²) in [4.78, 5) is 11.7. The number of rotatable bonds is 4. The largest absolute Gasteiger partial charge is 0.354 e. The van der Waals surface area contributed by atoms with E-state index in [-0.39, 0.29) is 11.9 Å². The topological polar surface area (TPSA) is 41.1 Å². The van der Waals surface area contributed by atoms with Crippen LogP contribution in [-0.4, -0.2) is 36.5 Å². The highest BCUT2D eigenvalue weighted by Crippen LogP contribution is 2.14. The molecule has 1 aliphatic heterocycles. The summed E-state index contributed by atoms with van der Waals surface area (Å²) in [6.45, 7) is 5.99. The van der Waals surface area contributed by atoms with Gasteiger partial charge in [0, 0.05) is 11.8 Å². The maximum absolute atomic E-state index is 11.7. The molecule has 14 heavy (non-hydrogen) atoms. The summed E-state index contributed by atoms with van der Waals surface area (Å²) in [5, 5.41) is 6.71. The fraction of sp³-hybridized carbons (Fsp3) is 0.900. The summed E-state index contributed by atoms with van der Waals surface area (Å²) in [6.07, 6.45) is 3.17. The molecule has 0 aliphatic carbocycles. The van der Waals surface area contributed by atoms with Crippen molar-refractivity contribution in [3.63, 3.8) is 0 Å². The van der Waals surface area contributed by atoms with Crippen molar-refractivity contribution in [2.45, 2.75) is 31.6 Å². The number of hydrogen-bond acceptors (Lipinski definition) is 3. The average molecular weight is 216 g/mol. The van der Waals surface area contributed by atoms with Crippen LogP contribution in [0.2, 0.25) is 0 Å². The van der Waals surface area contributed by atoms with E-state index in [1.165, 1.54) is 0 Å². The molecule has 0 spiro atoms. The van der Waals surface area contributed by atoms with Gasteiger partial charge in [-0.25, -0.2) is 0 Å². The second kappa shape index (κ2) is 5.61. The normalized spacial score (nSPS) is 28.8. The number of carbonyl (C=O) groups excluding carboxylic acids is 1. The van der Waals surface area contributed by atoms with Crippen molar-refractivity contribution in [2.24, 2.45) is 5.92 Å². The van der Waals surface area contributed by atoms with Crippen LogP contribution in [0.4, 0.5) is 0 Å². The third kappa shape index (κ3) is 3.17. The average Bonchev–Trinajstić information content (AvgIpc) is 2.60. The Kier molecular flexibility index (Phi) is 4.75. The van der Waals surface area contributed by atoms with Crippen molar-refractivity contribution in [1.29, 1.82) is 0 Å². The van der Waals surface area contributed by atoms with E-state index in [0.717, 1.165) is 19.5 Å². The van der Waals surface area contributed by atoms with Gasteiger partial charge in [-0.2, -0.15) is 11.8 Å². The molecule has 3 atom stereocenters. The Morgan fingerprint density at radius 1 is 1.71 bits per heavy atom. The predicted molar refractivity (Wildman–Crippen MR) is 61.6 cm³/mol. The molecule has 0 bridgehead atoms. The molecule has 3 nitrogen and oxygen atoms in total. The summed E-state index contributed by atoms with van der Waals surface area (Å²) >= 11 is 1.77. The Bertz CT molecular complexity index is 199. The van der Waals surface area contributed by atoms with Crippen LogP contribution in [0, 0.1) is 5.92 Å². The smallest absolute Gasteiger partial charge is 0.237 e. The fourth-order valence-electron chi connectivity index (χ4n) is 1.62. The second-order valence-electron chi connectivity index (χ2n) is 3.99. The zero-order chi connectivity index (χ0) is 10.6. The lowest BCUT2D eigenvalue weighted by Crippen LogP contribution is -2.44. The molecule has 1 fully saturated rings. The third-order valence-electron chi connectivity index (χ3n) is 2.78. The highest BCUT2D eigenvalue weighted by Gasteiger charge is 2.28. The van der Waals surface area contributed by atoms with Gasteiger partial charge in [0.25, 0.3) is 0 Å². The van der Waals surface area contributed by atoms with Gasteiger partial charge in [-0.3, -0.25) is 4.79 Å². The molecule has 0 aromatic carbocycles. The van der Waals surface area contributed by atoms with Crippen LogP contribution in [0.1, 0.15) is 20.3 Å². The number of thioether (sulfide) groups is 1. The first kappa shape index (κ1) is 11.9. The van der Waals surface area contributed by atoms with Gasteiger partial charge in [-0.05, 0) is 25.1 Å². The summed E-state index contributed by atoms with van der Waals surface area (Å²) in [5.41, 5.74) is 0. The van der Waals surface area contributed by atoms with Crippen LogP contribution in [0.3, 0.4) is 0 Å². The maximum atomic E-state index is 11.7. The van der Waals surface area contributed by atoms with Crippen LogP contribution in [0.25, 0.3) is 0 Å². The van der Waals surface area contributed by atoms with Gasteiger partial charge in [-0.1, -0.05) is 13.8 Å². The minimum atomic E-state index is 0.0315. The second-order valence-corrected chi connectivity index (χ2v) is 5.27. The molecule has 0 aromatic rings. The van der Waals surface area contributed by atoms with Crippen molar-refractivity contribution in [3.05, 3.63) is 0 Å². The van der Waals surface area contributed by atoms with E-state index in [2.05, 4.69) is 30.7 Å². The summed E-state index contributed by atoms with van der Waals surface area (Å²) in [5.74, 6) is 0.635. The maximum Gasteiger partial charge on any atom is 0.237 e. The van der Waals surface area contributed by atoms with Gasteiger partial charge in [-0.15, -0.1) is 0 Å². The number of carbonyl (C=O) groups is 1. The third-order valence-corrected chi connectivity index (χ3v) is 3.75. The molecule has 82 valence electrons. The molecule has 1 aliphatic rings. The standard InChI is InChI=1S/C10H20N2OS/c1-7-4-5-11-9(7)10(13)12-6-8(2)14-3/h7-9,11H,4-6H2,1-3H3,(H,12,13). The van der Waals surface area contributed by atoms with Crippen LogP contribution >= 0.6 is 11.8 Å². The van der Waals surface area contributed by atoms with Crippen molar-refractivity contribution in [1.82, 2.24) is 10.6 Å². The molecule has 0 radical (unpaired) electrons. The molecule has 1 amide bonds. The predicted octanol–water partition coefficient (Wildman–Crippen LogP) is 0.852. The van der Waals surface area contributed by atoms with E-state index < -0.39 is 0 Å². The van der Waals surface area contributed by atoms with E-state index in [4.69, 9.17) is 0 Å². The Morgan fingerprint density at radius 2 is 2.43 bits per heavy atom. The molecule has 2 N–H and O–H groups in total. The molecule has 3 unspecified atom stereocenters. The van der Waals surface area contributed by atoms with E-state index >= 15 is 0 Å². The van der Waals surface area contributed by atoms with Crippen molar-refractivity contribution in [2.75, 3.05) is 19.3 Å². The van der Waals surface area contributed by atoms with Crippen molar-refractivity contribution in [3.8, 4) is 0 Å². The lowest BCUT2D eigenvalue weighted by Gasteiger charge is -2.17. The summed E-state index contributed by atoms with van der Waals surface area (Å²) in [7, 11) is 0. The van der Waals surface area contributed by atoms with Gasteiger partial charge < -0.3 is 10.6 Å². The molecule has 0 aromatic heterocycles.